The Morgan fingerprint density at radius 2 is 1.92 bits per heavy atom. The van der Waals surface area contributed by atoms with Crippen LogP contribution in [0.3, 0.4) is 0 Å². The Balaban J connectivity index is 1.87. The highest BCUT2D eigenvalue weighted by Crippen LogP contribution is 2.32. The molecule has 2 aromatic carbocycles. The molecule has 0 aliphatic carbocycles. The number of hydrogen-bond donors (Lipinski definition) is 2. The fourth-order valence-electron chi connectivity index (χ4n) is 2.56. The topological polar surface area (TPSA) is 102 Å². The number of anilines is 2. The van der Waals surface area contributed by atoms with Crippen molar-refractivity contribution in [2.24, 2.45) is 0 Å². The number of aryl methyl sites for hydroxylation is 1. The predicted octanol–water partition coefficient (Wildman–Crippen LogP) is 2.37. The second-order valence-corrected chi connectivity index (χ2v) is 8.18. The van der Waals surface area contributed by atoms with Gasteiger partial charge in [0.15, 0.2) is 15.9 Å². The van der Waals surface area contributed by atoms with Crippen LogP contribution in [0.4, 0.5) is 11.4 Å². The molecule has 136 valence electrons. The van der Waals surface area contributed by atoms with Gasteiger partial charge in [-0.2, -0.15) is 0 Å². The van der Waals surface area contributed by atoms with Crippen molar-refractivity contribution in [2.45, 2.75) is 24.8 Å². The summed E-state index contributed by atoms with van der Waals surface area (Å²) in [6, 6.07) is 9.30. The lowest BCUT2D eigenvalue weighted by Gasteiger charge is -2.23. The maximum Gasteiger partial charge on any atom is 0.265 e. The zero-order chi connectivity index (χ0) is 19.1. The van der Waals surface area contributed by atoms with Crippen LogP contribution in [0.15, 0.2) is 41.3 Å². The Hall–Kier alpha value is -2.87. The molecule has 0 fully saturated rings. The number of fused-ring (bicyclic) bond motifs is 1. The zero-order valence-corrected chi connectivity index (χ0v) is 15.3. The first kappa shape index (κ1) is 17.9. The second kappa shape index (κ2) is 6.45. The summed E-state index contributed by atoms with van der Waals surface area (Å²) in [5.41, 5.74) is 1.83. The zero-order valence-electron chi connectivity index (χ0n) is 14.5. The van der Waals surface area contributed by atoms with E-state index < -0.39 is 21.8 Å². The Bertz CT molecular complexity index is 1010. The number of sulfone groups is 1. The first-order valence-corrected chi connectivity index (χ1v) is 9.78. The van der Waals surface area contributed by atoms with Gasteiger partial charge in [0.2, 0.25) is 0 Å². The van der Waals surface area contributed by atoms with E-state index in [1.807, 2.05) is 0 Å². The highest BCUT2D eigenvalue weighted by Gasteiger charge is 2.24. The molecule has 0 radical (unpaired) electrons. The van der Waals surface area contributed by atoms with Gasteiger partial charge in [0.25, 0.3) is 11.8 Å². The molecule has 7 nitrogen and oxygen atoms in total. The molecule has 0 bridgehead atoms. The molecule has 1 aliphatic heterocycles. The molecule has 0 saturated heterocycles. The summed E-state index contributed by atoms with van der Waals surface area (Å²) in [4.78, 5) is 24.4. The van der Waals surface area contributed by atoms with Crippen molar-refractivity contribution in [3.8, 4) is 5.75 Å². The van der Waals surface area contributed by atoms with E-state index in [1.54, 1.807) is 38.1 Å². The van der Waals surface area contributed by atoms with Gasteiger partial charge in [-0.05, 0) is 49.7 Å². The van der Waals surface area contributed by atoms with Gasteiger partial charge in [-0.3, -0.25) is 9.59 Å². The average molecular weight is 374 g/mol. The third-order valence-electron chi connectivity index (χ3n) is 4.05. The lowest BCUT2D eigenvalue weighted by molar-refractivity contribution is -0.122. The van der Waals surface area contributed by atoms with Crippen LogP contribution < -0.4 is 15.4 Å². The van der Waals surface area contributed by atoms with Crippen LogP contribution in [0.5, 0.6) is 5.75 Å². The molecule has 0 aromatic heterocycles. The molecular weight excluding hydrogens is 356 g/mol. The first-order valence-electron chi connectivity index (χ1n) is 7.89. The number of ether oxygens (including phenoxy) is 1. The molecule has 1 atom stereocenters. The number of rotatable bonds is 3. The molecule has 2 aromatic rings. The van der Waals surface area contributed by atoms with E-state index in [1.165, 1.54) is 12.1 Å². The van der Waals surface area contributed by atoms with Gasteiger partial charge < -0.3 is 15.4 Å². The van der Waals surface area contributed by atoms with E-state index in [0.29, 0.717) is 22.7 Å². The SMILES string of the molecule is Cc1ccc(S(C)(=O)=O)cc1C(=O)Nc1ccc2c(c1)NC(=O)C(C)O2. The van der Waals surface area contributed by atoms with Crippen LogP contribution >= 0.6 is 0 Å². The Kier molecular flexibility index (Phi) is 4.45. The molecule has 1 unspecified atom stereocenters. The maximum absolute atomic E-state index is 12.6. The Labute approximate surface area is 151 Å². The van der Waals surface area contributed by atoms with Crippen molar-refractivity contribution in [2.75, 3.05) is 16.9 Å². The van der Waals surface area contributed by atoms with E-state index >= 15 is 0 Å². The number of amides is 2. The Morgan fingerprint density at radius 3 is 2.62 bits per heavy atom. The summed E-state index contributed by atoms with van der Waals surface area (Å²) < 4.78 is 28.9. The number of benzene rings is 2. The second-order valence-electron chi connectivity index (χ2n) is 6.16. The third kappa shape index (κ3) is 3.55. The van der Waals surface area contributed by atoms with E-state index in [-0.39, 0.29) is 16.4 Å². The van der Waals surface area contributed by atoms with E-state index in [9.17, 15) is 18.0 Å². The minimum absolute atomic E-state index is 0.0772. The van der Waals surface area contributed by atoms with Gasteiger partial charge in [0.1, 0.15) is 5.75 Å². The van der Waals surface area contributed by atoms with Gasteiger partial charge in [-0.15, -0.1) is 0 Å². The highest BCUT2D eigenvalue weighted by atomic mass is 32.2. The van der Waals surface area contributed by atoms with Crippen molar-refractivity contribution < 1.29 is 22.7 Å². The predicted molar refractivity (Wildman–Crippen MR) is 97.4 cm³/mol. The molecule has 2 amide bonds. The van der Waals surface area contributed by atoms with Crippen LogP contribution in [-0.4, -0.2) is 32.6 Å². The summed E-state index contributed by atoms with van der Waals surface area (Å²) in [6.07, 6.45) is 0.510. The molecule has 2 N–H and O–H groups in total. The summed E-state index contributed by atoms with van der Waals surface area (Å²) in [7, 11) is -3.42. The van der Waals surface area contributed by atoms with Crippen molar-refractivity contribution in [3.63, 3.8) is 0 Å². The van der Waals surface area contributed by atoms with Gasteiger partial charge in [-0.1, -0.05) is 6.07 Å². The smallest absolute Gasteiger partial charge is 0.265 e. The Morgan fingerprint density at radius 1 is 1.19 bits per heavy atom. The van der Waals surface area contributed by atoms with Gasteiger partial charge in [0.05, 0.1) is 10.6 Å². The molecular formula is C18H18N2O5S. The van der Waals surface area contributed by atoms with Crippen molar-refractivity contribution in [1.82, 2.24) is 0 Å². The minimum atomic E-state index is -3.42. The lowest BCUT2D eigenvalue weighted by atomic mass is 10.1. The summed E-state index contributed by atoms with van der Waals surface area (Å²) in [6.45, 7) is 3.37. The van der Waals surface area contributed by atoms with Gasteiger partial charge >= 0.3 is 0 Å². The van der Waals surface area contributed by atoms with Gasteiger partial charge in [0, 0.05) is 17.5 Å². The summed E-state index contributed by atoms with van der Waals surface area (Å²) in [5, 5.41) is 5.42. The quantitative estimate of drug-likeness (QED) is 0.859. The normalized spacial score (nSPS) is 16.3. The van der Waals surface area contributed by atoms with Crippen LogP contribution in [-0.2, 0) is 14.6 Å². The fourth-order valence-corrected chi connectivity index (χ4v) is 3.21. The largest absolute Gasteiger partial charge is 0.479 e. The van der Waals surface area contributed by atoms with Crippen molar-refractivity contribution in [1.29, 1.82) is 0 Å². The highest BCUT2D eigenvalue weighted by molar-refractivity contribution is 7.90. The van der Waals surface area contributed by atoms with E-state index in [0.717, 1.165) is 6.26 Å². The van der Waals surface area contributed by atoms with Crippen LogP contribution in [0.25, 0.3) is 0 Å². The summed E-state index contributed by atoms with van der Waals surface area (Å²) >= 11 is 0. The number of carbonyl (C=O) groups excluding carboxylic acids is 2. The van der Waals surface area contributed by atoms with E-state index in [2.05, 4.69) is 10.6 Å². The molecule has 8 heteroatoms. The summed E-state index contributed by atoms with van der Waals surface area (Å²) in [5.74, 6) is -0.188. The molecule has 1 aliphatic rings. The average Bonchev–Trinajstić information content (AvgIpc) is 2.55. The lowest BCUT2D eigenvalue weighted by Crippen LogP contribution is -2.34. The van der Waals surface area contributed by atoms with Crippen LogP contribution in [0, 0.1) is 6.92 Å². The minimum Gasteiger partial charge on any atom is -0.479 e. The first-order chi connectivity index (χ1) is 12.1. The number of nitrogens with one attached hydrogen (secondary N) is 2. The number of carbonyl (C=O) groups is 2. The third-order valence-corrected chi connectivity index (χ3v) is 5.16. The molecule has 0 spiro atoms. The fraction of sp³-hybridized carbons (Fsp3) is 0.222. The van der Waals surface area contributed by atoms with Crippen molar-refractivity contribution >= 4 is 33.0 Å². The molecule has 0 saturated carbocycles. The molecule has 1 heterocycles. The van der Waals surface area contributed by atoms with Crippen LogP contribution in [0.1, 0.15) is 22.8 Å². The van der Waals surface area contributed by atoms with E-state index in [4.69, 9.17) is 4.74 Å². The molecule has 26 heavy (non-hydrogen) atoms. The molecule has 3 rings (SSSR count). The maximum atomic E-state index is 12.6. The monoisotopic (exact) mass is 374 g/mol. The number of hydrogen-bond acceptors (Lipinski definition) is 5. The van der Waals surface area contributed by atoms with Gasteiger partial charge in [-0.25, -0.2) is 8.42 Å². The van der Waals surface area contributed by atoms with Crippen molar-refractivity contribution in [3.05, 3.63) is 47.5 Å². The standard InChI is InChI=1S/C18H18N2O5S/c1-10-4-6-13(26(3,23)24)9-14(10)18(22)19-12-5-7-16-15(8-12)20-17(21)11(2)25-16/h4-9,11H,1-3H3,(H,19,22)(H,20,21). The van der Waals surface area contributed by atoms with Crippen LogP contribution in [0.2, 0.25) is 0 Å².